The van der Waals surface area contributed by atoms with Crippen LogP contribution in [0.25, 0.3) is 0 Å². The summed E-state index contributed by atoms with van der Waals surface area (Å²) in [5.41, 5.74) is 1.11. The Labute approximate surface area is 106 Å². The van der Waals surface area contributed by atoms with Gasteiger partial charge in [-0.3, -0.25) is 4.79 Å². The van der Waals surface area contributed by atoms with Crippen LogP contribution in [0.2, 0.25) is 0 Å². The Hall–Kier alpha value is -1.84. The molecule has 96 valence electrons. The van der Waals surface area contributed by atoms with Crippen LogP contribution in [0.15, 0.2) is 30.3 Å². The molecule has 0 saturated carbocycles. The number of carboxylic acids is 1. The van der Waals surface area contributed by atoms with Crippen molar-refractivity contribution in [2.24, 2.45) is 0 Å². The van der Waals surface area contributed by atoms with E-state index in [4.69, 9.17) is 5.11 Å². The van der Waals surface area contributed by atoms with Crippen LogP contribution >= 0.6 is 0 Å². The molecule has 4 nitrogen and oxygen atoms in total. The molecule has 0 aromatic heterocycles. The van der Waals surface area contributed by atoms with Gasteiger partial charge in [0.05, 0.1) is 0 Å². The lowest BCUT2D eigenvalue weighted by atomic mass is 10.1. The highest BCUT2D eigenvalue weighted by Gasteiger charge is 2.33. The summed E-state index contributed by atoms with van der Waals surface area (Å²) in [6.07, 6.45) is 2.41. The van der Waals surface area contributed by atoms with Crippen LogP contribution in [0.4, 0.5) is 0 Å². The van der Waals surface area contributed by atoms with Crippen molar-refractivity contribution in [3.63, 3.8) is 0 Å². The number of benzene rings is 1. The smallest absolute Gasteiger partial charge is 0.326 e. The molecule has 1 N–H and O–H groups in total. The first-order valence-electron chi connectivity index (χ1n) is 6.24. The minimum Gasteiger partial charge on any atom is -0.480 e. The first kappa shape index (κ1) is 12.6. The molecule has 0 radical (unpaired) electrons. The van der Waals surface area contributed by atoms with Gasteiger partial charge in [0.2, 0.25) is 5.91 Å². The molecule has 4 heteroatoms. The number of amides is 1. The summed E-state index contributed by atoms with van der Waals surface area (Å²) in [7, 11) is 0. The third-order valence-corrected chi connectivity index (χ3v) is 3.33. The van der Waals surface area contributed by atoms with E-state index in [0.717, 1.165) is 12.0 Å². The maximum absolute atomic E-state index is 12.0. The van der Waals surface area contributed by atoms with Gasteiger partial charge in [-0.1, -0.05) is 30.3 Å². The van der Waals surface area contributed by atoms with E-state index >= 15 is 0 Å². The van der Waals surface area contributed by atoms with Crippen LogP contribution in [0.5, 0.6) is 0 Å². The molecule has 1 aliphatic rings. The molecule has 0 aliphatic carbocycles. The van der Waals surface area contributed by atoms with E-state index in [1.807, 2.05) is 30.3 Å². The van der Waals surface area contributed by atoms with Gasteiger partial charge >= 0.3 is 5.97 Å². The summed E-state index contributed by atoms with van der Waals surface area (Å²) in [5, 5.41) is 9.02. The van der Waals surface area contributed by atoms with E-state index in [-0.39, 0.29) is 5.91 Å². The number of aliphatic carboxylic acids is 1. The van der Waals surface area contributed by atoms with Crippen LogP contribution in [0, 0.1) is 0 Å². The molecule has 0 bridgehead atoms. The third-order valence-electron chi connectivity index (χ3n) is 3.33. The minimum absolute atomic E-state index is 0.0521. The summed E-state index contributed by atoms with van der Waals surface area (Å²) in [5.74, 6) is -0.940. The number of aryl methyl sites for hydroxylation is 1. The van der Waals surface area contributed by atoms with Gasteiger partial charge in [-0.2, -0.15) is 0 Å². The molecule has 1 fully saturated rings. The number of carboxylic acid groups (broad SMARTS) is 1. The monoisotopic (exact) mass is 247 g/mol. The Morgan fingerprint density at radius 2 is 2.00 bits per heavy atom. The van der Waals surface area contributed by atoms with E-state index in [0.29, 0.717) is 25.8 Å². The summed E-state index contributed by atoms with van der Waals surface area (Å²) in [6, 6.07) is 9.16. The lowest BCUT2D eigenvalue weighted by Crippen LogP contribution is -2.40. The maximum atomic E-state index is 12.0. The fourth-order valence-corrected chi connectivity index (χ4v) is 2.36. The average molecular weight is 247 g/mol. The fraction of sp³-hybridized carbons (Fsp3) is 0.429. The minimum atomic E-state index is -0.888. The standard InChI is InChI=1S/C14H17NO3/c16-13(9-8-11-5-2-1-3-6-11)15-10-4-7-12(15)14(17)18/h1-3,5-6,12H,4,7-10H2,(H,17,18). The van der Waals surface area contributed by atoms with Crippen LogP contribution in [-0.4, -0.2) is 34.5 Å². The second kappa shape index (κ2) is 5.67. The molecule has 1 amide bonds. The van der Waals surface area contributed by atoms with Gasteiger partial charge in [-0.05, 0) is 24.8 Å². The highest BCUT2D eigenvalue weighted by Crippen LogP contribution is 2.19. The highest BCUT2D eigenvalue weighted by molar-refractivity contribution is 5.84. The number of rotatable bonds is 4. The number of nitrogens with zero attached hydrogens (tertiary/aromatic N) is 1. The van der Waals surface area contributed by atoms with Crippen molar-refractivity contribution >= 4 is 11.9 Å². The van der Waals surface area contributed by atoms with Crippen LogP contribution in [0.3, 0.4) is 0 Å². The molecule has 1 atom stereocenters. The lowest BCUT2D eigenvalue weighted by Gasteiger charge is -2.21. The quantitative estimate of drug-likeness (QED) is 0.881. The predicted octanol–water partition coefficient (Wildman–Crippen LogP) is 1.69. The molecule has 1 unspecified atom stereocenters. The van der Waals surface area contributed by atoms with Crippen molar-refractivity contribution in [2.75, 3.05) is 6.54 Å². The van der Waals surface area contributed by atoms with Gasteiger partial charge in [0.1, 0.15) is 6.04 Å². The largest absolute Gasteiger partial charge is 0.480 e. The Morgan fingerprint density at radius 3 is 2.67 bits per heavy atom. The summed E-state index contributed by atoms with van der Waals surface area (Å²) in [4.78, 5) is 24.5. The summed E-state index contributed by atoms with van der Waals surface area (Å²) >= 11 is 0. The van der Waals surface area contributed by atoms with Crippen molar-refractivity contribution in [3.8, 4) is 0 Å². The van der Waals surface area contributed by atoms with E-state index in [1.54, 1.807) is 0 Å². The van der Waals surface area contributed by atoms with Gasteiger partial charge in [-0.25, -0.2) is 4.79 Å². The number of carbonyl (C=O) groups excluding carboxylic acids is 1. The number of hydrogen-bond donors (Lipinski definition) is 1. The average Bonchev–Trinajstić information content (AvgIpc) is 2.86. The van der Waals surface area contributed by atoms with Gasteiger partial charge < -0.3 is 10.0 Å². The normalized spacial score (nSPS) is 18.9. The maximum Gasteiger partial charge on any atom is 0.326 e. The third kappa shape index (κ3) is 2.88. The Kier molecular flexibility index (Phi) is 3.97. The van der Waals surface area contributed by atoms with Crippen LogP contribution in [0.1, 0.15) is 24.8 Å². The van der Waals surface area contributed by atoms with Crippen molar-refractivity contribution in [3.05, 3.63) is 35.9 Å². The predicted molar refractivity (Wildman–Crippen MR) is 67.1 cm³/mol. The zero-order valence-electron chi connectivity index (χ0n) is 10.2. The Balaban J connectivity index is 1.90. The van der Waals surface area contributed by atoms with Crippen molar-refractivity contribution in [1.29, 1.82) is 0 Å². The molecule has 1 heterocycles. The van der Waals surface area contributed by atoms with Gasteiger partial charge in [-0.15, -0.1) is 0 Å². The first-order chi connectivity index (χ1) is 8.68. The van der Waals surface area contributed by atoms with Gasteiger partial charge in [0.15, 0.2) is 0 Å². The second-order valence-corrected chi connectivity index (χ2v) is 4.57. The zero-order valence-corrected chi connectivity index (χ0v) is 10.2. The molecule has 1 saturated heterocycles. The van der Waals surface area contributed by atoms with Crippen LogP contribution < -0.4 is 0 Å². The van der Waals surface area contributed by atoms with Gasteiger partial charge in [0.25, 0.3) is 0 Å². The van der Waals surface area contributed by atoms with Gasteiger partial charge in [0, 0.05) is 13.0 Å². The molecule has 18 heavy (non-hydrogen) atoms. The Bertz CT molecular complexity index is 430. The van der Waals surface area contributed by atoms with Crippen LogP contribution in [-0.2, 0) is 16.0 Å². The molecular weight excluding hydrogens is 230 g/mol. The van der Waals surface area contributed by atoms with E-state index in [1.165, 1.54) is 4.90 Å². The lowest BCUT2D eigenvalue weighted by molar-refractivity contribution is -0.148. The van der Waals surface area contributed by atoms with Crippen molar-refractivity contribution in [1.82, 2.24) is 4.90 Å². The molecular formula is C14H17NO3. The Morgan fingerprint density at radius 1 is 1.28 bits per heavy atom. The number of carbonyl (C=O) groups is 2. The molecule has 1 aliphatic heterocycles. The molecule has 1 aromatic carbocycles. The second-order valence-electron chi connectivity index (χ2n) is 4.57. The summed E-state index contributed by atoms with van der Waals surface area (Å²) < 4.78 is 0. The first-order valence-corrected chi connectivity index (χ1v) is 6.24. The highest BCUT2D eigenvalue weighted by atomic mass is 16.4. The van der Waals surface area contributed by atoms with E-state index in [9.17, 15) is 9.59 Å². The summed E-state index contributed by atoms with van der Waals surface area (Å²) in [6.45, 7) is 0.574. The molecule has 2 rings (SSSR count). The van der Waals surface area contributed by atoms with Crippen molar-refractivity contribution < 1.29 is 14.7 Å². The number of hydrogen-bond acceptors (Lipinski definition) is 2. The van der Waals surface area contributed by atoms with E-state index < -0.39 is 12.0 Å². The topological polar surface area (TPSA) is 57.6 Å². The SMILES string of the molecule is O=C(O)C1CCCN1C(=O)CCc1ccccc1. The number of likely N-dealkylation sites (tertiary alicyclic amines) is 1. The van der Waals surface area contributed by atoms with Crippen molar-refractivity contribution in [2.45, 2.75) is 31.7 Å². The molecule has 0 spiro atoms. The fourth-order valence-electron chi connectivity index (χ4n) is 2.36. The molecule has 1 aromatic rings. The van der Waals surface area contributed by atoms with E-state index in [2.05, 4.69) is 0 Å². The zero-order chi connectivity index (χ0) is 13.0.